The highest BCUT2D eigenvalue weighted by Gasteiger charge is 2.47. The molecular formula is C35H56N7O17P3S-4. The molecule has 2 aromatic heterocycles. The van der Waals surface area contributed by atoms with Crippen molar-refractivity contribution in [1.29, 1.82) is 0 Å². The van der Waals surface area contributed by atoms with Crippen LogP contribution in [0.25, 0.3) is 11.2 Å². The van der Waals surface area contributed by atoms with E-state index in [9.17, 15) is 57.9 Å². The van der Waals surface area contributed by atoms with Gasteiger partial charge in [-0.15, -0.1) is 0 Å². The van der Waals surface area contributed by atoms with Gasteiger partial charge in [0.2, 0.25) is 11.8 Å². The number of unbranched alkanes of at least 4 members (excludes halogenated alkanes) is 7. The number of aliphatic hydroxyl groups excluding tert-OH is 2. The molecule has 0 bridgehead atoms. The molecule has 2 aromatic rings. The van der Waals surface area contributed by atoms with Crippen molar-refractivity contribution in [3.05, 3.63) is 24.8 Å². The number of hydrogen-bond acceptors (Lipinski definition) is 22. The number of carbonyl (C=O) groups excluding carboxylic acids is 3. The number of thioether (sulfide) groups is 1. The van der Waals surface area contributed by atoms with Crippen molar-refractivity contribution in [3.63, 3.8) is 0 Å². The fraction of sp³-hybridized carbons (Fsp3) is 0.714. The van der Waals surface area contributed by atoms with Crippen LogP contribution in [0.5, 0.6) is 0 Å². The van der Waals surface area contributed by atoms with Gasteiger partial charge >= 0.3 is 0 Å². The lowest BCUT2D eigenvalue weighted by Crippen LogP contribution is -2.46. The van der Waals surface area contributed by atoms with Crippen LogP contribution in [0.4, 0.5) is 5.82 Å². The monoisotopic (exact) mass is 971 g/mol. The highest BCUT2D eigenvalue weighted by molar-refractivity contribution is 8.13. The zero-order valence-electron chi connectivity index (χ0n) is 35.1. The molecular weight excluding hydrogens is 915 g/mol. The third kappa shape index (κ3) is 19.4. The topological polar surface area (TPSA) is 375 Å². The van der Waals surface area contributed by atoms with Gasteiger partial charge in [-0.2, -0.15) is 0 Å². The second kappa shape index (κ2) is 25.9. The van der Waals surface area contributed by atoms with Gasteiger partial charge in [-0.05, 0) is 25.7 Å². The molecule has 1 fully saturated rings. The lowest BCUT2D eigenvalue weighted by Gasteiger charge is -2.36. The summed E-state index contributed by atoms with van der Waals surface area (Å²) in [5.74, 6) is -1.15. The minimum absolute atomic E-state index is 0.0193. The molecule has 3 heterocycles. The Kier molecular flexibility index (Phi) is 22.4. The summed E-state index contributed by atoms with van der Waals surface area (Å²) in [6.07, 6.45) is 7.15. The molecule has 24 nitrogen and oxygen atoms in total. The summed E-state index contributed by atoms with van der Waals surface area (Å²) >= 11 is 1.13. The van der Waals surface area contributed by atoms with E-state index in [0.29, 0.717) is 12.2 Å². The maximum atomic E-state index is 12.6. The molecule has 0 aromatic carbocycles. The van der Waals surface area contributed by atoms with Crippen LogP contribution in [0.15, 0.2) is 24.8 Å². The molecule has 0 spiro atoms. The number of carbonyl (C=O) groups is 3. The number of phosphoric acid groups is 3. The van der Waals surface area contributed by atoms with E-state index in [1.54, 1.807) is 0 Å². The third-order valence-electron chi connectivity index (χ3n) is 9.38. The number of phosphoric ester groups is 3. The Morgan fingerprint density at radius 3 is 2.33 bits per heavy atom. The second-order valence-corrected chi connectivity index (χ2v) is 20.3. The fourth-order valence-corrected chi connectivity index (χ4v) is 9.42. The molecule has 3 rings (SSSR count). The quantitative estimate of drug-likeness (QED) is 0.0407. The van der Waals surface area contributed by atoms with Crippen LogP contribution < -0.4 is 35.9 Å². The zero-order chi connectivity index (χ0) is 46.8. The Hall–Kier alpha value is -2.70. The van der Waals surface area contributed by atoms with Crippen molar-refractivity contribution in [2.45, 2.75) is 122 Å². The lowest BCUT2D eigenvalue weighted by atomic mass is 9.87. The number of nitrogens with two attached hydrogens (primary N) is 1. The van der Waals surface area contributed by atoms with E-state index in [4.69, 9.17) is 10.5 Å². The second-order valence-electron chi connectivity index (χ2n) is 15.1. The average molecular weight is 972 g/mol. The number of hydrogen-bond donors (Lipinski definition) is 5. The van der Waals surface area contributed by atoms with Gasteiger partial charge in [-0.25, -0.2) is 19.3 Å². The number of aliphatic hydroxyl groups is 2. The maximum absolute atomic E-state index is 12.6. The predicted molar refractivity (Wildman–Crippen MR) is 219 cm³/mol. The molecule has 2 amide bonds. The Labute approximate surface area is 368 Å². The van der Waals surface area contributed by atoms with Crippen LogP contribution in [0.1, 0.15) is 97.6 Å². The standard InChI is InChI=1S/C35H60N7O17P3S/c1-4-5-6-7-8-9-10-11-12-13-14-15-26(44)63-19-18-37-25(43)16-17-38-33(47)30(46)35(2,3)21-56-62(53,54)59-61(51,52)55-20-24-29(58-60(48,49)50)28(45)34(57-24)42-23-41-27-31(36)39-22-40-32(27)42/h7-8,22-24,28-30,34,45-46H,4-6,9-21H2,1-3H3,(H,37,43)(H,38,47)(H,51,52)(H,53,54)(H2,36,39,40)(H2,48,49,50)/p-4/b8-7-/t24-,28-,29-,30+,34-/m1/s1. The van der Waals surface area contributed by atoms with Crippen LogP contribution in [-0.2, 0) is 50.7 Å². The van der Waals surface area contributed by atoms with Crippen molar-refractivity contribution in [2.24, 2.45) is 5.41 Å². The third-order valence-corrected chi connectivity index (χ3v) is 13.3. The Balaban J connectivity index is 1.36. The minimum Gasteiger partial charge on any atom is -0.790 e. The number of nitrogens with one attached hydrogen (secondary N) is 2. The largest absolute Gasteiger partial charge is 0.790 e. The molecule has 7 atom stereocenters. The van der Waals surface area contributed by atoms with Gasteiger partial charge in [0.1, 0.15) is 36.3 Å². The van der Waals surface area contributed by atoms with Crippen LogP contribution in [-0.4, -0.2) is 103 Å². The number of aromatic nitrogens is 4. The van der Waals surface area contributed by atoms with Crippen molar-refractivity contribution < 1.29 is 80.5 Å². The summed E-state index contributed by atoms with van der Waals surface area (Å²) < 4.78 is 60.7. The van der Waals surface area contributed by atoms with Crippen molar-refractivity contribution in [2.75, 3.05) is 37.8 Å². The van der Waals surface area contributed by atoms with E-state index in [2.05, 4.69) is 62.5 Å². The number of imidazole rings is 1. The van der Waals surface area contributed by atoms with E-state index in [0.717, 1.165) is 73.9 Å². The first-order chi connectivity index (χ1) is 29.6. The van der Waals surface area contributed by atoms with Gasteiger partial charge in [0.25, 0.3) is 15.6 Å². The van der Waals surface area contributed by atoms with E-state index in [1.807, 2.05) is 0 Å². The van der Waals surface area contributed by atoms with Crippen LogP contribution in [0.3, 0.4) is 0 Å². The van der Waals surface area contributed by atoms with Crippen LogP contribution in [0.2, 0.25) is 0 Å². The normalized spacial score (nSPS) is 20.7. The van der Waals surface area contributed by atoms with Gasteiger partial charge in [0, 0.05) is 37.1 Å². The van der Waals surface area contributed by atoms with Crippen molar-refractivity contribution in [3.8, 4) is 0 Å². The number of nitrogen functional groups attached to an aromatic ring is 1. The Morgan fingerprint density at radius 1 is 0.968 bits per heavy atom. The Bertz CT molecular complexity index is 1970. The Morgan fingerprint density at radius 2 is 1.63 bits per heavy atom. The van der Waals surface area contributed by atoms with Crippen LogP contribution in [0, 0.1) is 5.41 Å². The predicted octanol–water partition coefficient (Wildman–Crippen LogP) is 0.614. The summed E-state index contributed by atoms with van der Waals surface area (Å²) in [6, 6.07) is 0. The summed E-state index contributed by atoms with van der Waals surface area (Å²) in [4.78, 5) is 96.6. The molecule has 6 N–H and O–H groups in total. The fourth-order valence-electron chi connectivity index (χ4n) is 5.96. The van der Waals surface area contributed by atoms with E-state index < -0.39 is 84.6 Å². The smallest absolute Gasteiger partial charge is 0.274 e. The van der Waals surface area contributed by atoms with Crippen LogP contribution >= 0.6 is 35.2 Å². The first-order valence-electron chi connectivity index (χ1n) is 20.2. The maximum Gasteiger partial charge on any atom is 0.274 e. The molecule has 28 heteroatoms. The zero-order valence-corrected chi connectivity index (χ0v) is 38.6. The number of ether oxygens (including phenoxy) is 1. The first-order valence-corrected chi connectivity index (χ1v) is 25.5. The summed E-state index contributed by atoms with van der Waals surface area (Å²) in [7, 11) is -17.6. The van der Waals surface area contributed by atoms with Gasteiger partial charge in [0.05, 0.1) is 27.4 Å². The van der Waals surface area contributed by atoms with E-state index in [-0.39, 0.29) is 41.6 Å². The minimum atomic E-state index is -5.92. The molecule has 0 saturated carbocycles. The highest BCUT2D eigenvalue weighted by Crippen LogP contribution is 2.56. The average Bonchev–Trinajstić information content (AvgIpc) is 3.76. The van der Waals surface area contributed by atoms with Gasteiger partial charge in [0.15, 0.2) is 22.8 Å². The molecule has 0 aliphatic carbocycles. The molecule has 358 valence electrons. The summed E-state index contributed by atoms with van der Waals surface area (Å²) in [5.41, 5.74) is 4.09. The first kappa shape index (κ1) is 54.6. The van der Waals surface area contributed by atoms with Gasteiger partial charge in [-0.1, -0.05) is 76.8 Å². The number of nitrogens with zero attached hydrogens (tertiary/aromatic N) is 4. The highest BCUT2D eigenvalue weighted by atomic mass is 32.2. The number of anilines is 1. The number of allylic oxidation sites excluding steroid dienone is 2. The van der Waals surface area contributed by atoms with Crippen molar-refractivity contribution in [1.82, 2.24) is 30.2 Å². The molecule has 2 unspecified atom stereocenters. The van der Waals surface area contributed by atoms with Gasteiger partial charge < -0.3 is 69.0 Å². The van der Waals surface area contributed by atoms with Crippen molar-refractivity contribution >= 4 is 69.1 Å². The van der Waals surface area contributed by atoms with E-state index in [1.165, 1.54) is 26.7 Å². The summed E-state index contributed by atoms with van der Waals surface area (Å²) in [6.45, 7) is 2.33. The number of amides is 2. The lowest BCUT2D eigenvalue weighted by molar-refractivity contribution is -0.347. The van der Waals surface area contributed by atoms with E-state index >= 15 is 0 Å². The van der Waals surface area contributed by atoms with Gasteiger partial charge in [-0.3, -0.25) is 28.1 Å². The number of rotatable bonds is 30. The molecule has 1 aliphatic heterocycles. The number of fused-ring (bicyclic) bond motifs is 1. The molecule has 63 heavy (non-hydrogen) atoms. The molecule has 1 aliphatic rings. The summed E-state index contributed by atoms with van der Waals surface area (Å²) in [5, 5.41) is 26.4. The SMILES string of the molecule is CCCC/C=C\CCCCCCCC(=O)SCCNC(=O)CCNC(=O)[C@H](O)C(C)(C)COP(=O)([O-])OP(=O)([O-])OC[C@H]1O[C@@H](n2cnc3c(N)ncnc32)[C@H](O)[C@@H]1OP(=O)([O-])[O-]. The molecule has 1 saturated heterocycles. The molecule has 0 radical (unpaired) electrons.